The molecule has 0 bridgehead atoms. The van der Waals surface area contributed by atoms with Crippen molar-refractivity contribution in [1.82, 2.24) is 10.2 Å². The predicted molar refractivity (Wildman–Crippen MR) is 130 cm³/mol. The summed E-state index contributed by atoms with van der Waals surface area (Å²) in [6.45, 7) is 3.27. The van der Waals surface area contributed by atoms with Crippen LogP contribution >= 0.6 is 0 Å². The zero-order chi connectivity index (χ0) is 29.2. The predicted octanol–water partition coefficient (Wildman–Crippen LogP) is 5.18. The number of alkyl halides is 6. The van der Waals surface area contributed by atoms with Gasteiger partial charge in [-0.15, -0.1) is 0 Å². The number of benzene rings is 2. The normalized spacial score (nSPS) is 16.6. The molecule has 2 aromatic rings. The van der Waals surface area contributed by atoms with Crippen LogP contribution in [-0.4, -0.2) is 60.9 Å². The lowest BCUT2D eigenvalue weighted by atomic mass is 10.0. The van der Waals surface area contributed by atoms with Crippen molar-refractivity contribution in [3.05, 3.63) is 48.0 Å². The lowest BCUT2D eigenvalue weighted by Gasteiger charge is -2.43. The highest BCUT2D eigenvalue weighted by molar-refractivity contribution is 5.82. The van der Waals surface area contributed by atoms with E-state index in [4.69, 9.17) is 15.2 Å². The van der Waals surface area contributed by atoms with Gasteiger partial charge < -0.3 is 25.4 Å². The summed E-state index contributed by atoms with van der Waals surface area (Å²) in [7, 11) is 0. The maximum absolute atomic E-state index is 14.4. The second kappa shape index (κ2) is 11.1. The number of amides is 2. The summed E-state index contributed by atoms with van der Waals surface area (Å²) < 4.78 is 92.4. The minimum Gasteiger partial charge on any atom is -0.457 e. The SMILES string of the molecule is CC(C)(C)OC(=O)N1CCN(c2c(N)ccc(Oc3ccccc3)c2C(F)(F)F)C[C@@H]1CNC(=O)C(F)(F)F. The van der Waals surface area contributed by atoms with Gasteiger partial charge in [0.15, 0.2) is 0 Å². The van der Waals surface area contributed by atoms with Crippen LogP contribution in [-0.2, 0) is 15.7 Å². The molecule has 14 heteroatoms. The molecule has 1 fully saturated rings. The highest BCUT2D eigenvalue weighted by atomic mass is 19.4. The van der Waals surface area contributed by atoms with E-state index in [0.717, 1.165) is 11.0 Å². The van der Waals surface area contributed by atoms with Gasteiger partial charge in [-0.3, -0.25) is 9.69 Å². The van der Waals surface area contributed by atoms with Gasteiger partial charge >= 0.3 is 24.4 Å². The van der Waals surface area contributed by atoms with Gasteiger partial charge in [-0.25, -0.2) is 4.79 Å². The van der Waals surface area contributed by atoms with E-state index in [1.165, 1.54) is 23.1 Å². The molecule has 1 atom stereocenters. The number of nitrogen functional groups attached to an aromatic ring is 1. The van der Waals surface area contributed by atoms with Crippen molar-refractivity contribution >= 4 is 23.4 Å². The molecular formula is C25H28F6N4O4. The van der Waals surface area contributed by atoms with Crippen molar-refractivity contribution in [1.29, 1.82) is 0 Å². The fourth-order valence-corrected chi connectivity index (χ4v) is 4.01. The first-order valence-electron chi connectivity index (χ1n) is 11.8. The van der Waals surface area contributed by atoms with Crippen molar-refractivity contribution in [3.8, 4) is 11.5 Å². The molecule has 1 aliphatic heterocycles. The van der Waals surface area contributed by atoms with Crippen molar-refractivity contribution in [2.45, 2.75) is 44.8 Å². The summed E-state index contributed by atoms with van der Waals surface area (Å²) in [4.78, 5) is 26.5. The number of nitrogens with two attached hydrogens (primary N) is 1. The third-order valence-corrected chi connectivity index (χ3v) is 5.61. The van der Waals surface area contributed by atoms with E-state index in [2.05, 4.69) is 0 Å². The second-order valence-electron chi connectivity index (χ2n) is 9.77. The summed E-state index contributed by atoms with van der Waals surface area (Å²) in [6, 6.07) is 8.88. The molecule has 1 heterocycles. The molecule has 8 nitrogen and oxygen atoms in total. The monoisotopic (exact) mass is 562 g/mol. The van der Waals surface area contributed by atoms with Crippen LogP contribution in [0.1, 0.15) is 26.3 Å². The van der Waals surface area contributed by atoms with Crippen LogP contribution in [0, 0.1) is 0 Å². The molecule has 0 unspecified atom stereocenters. The number of rotatable bonds is 5. The van der Waals surface area contributed by atoms with Crippen molar-refractivity contribution < 1.29 is 45.4 Å². The van der Waals surface area contributed by atoms with E-state index in [9.17, 15) is 35.9 Å². The van der Waals surface area contributed by atoms with E-state index in [1.807, 2.05) is 0 Å². The molecule has 1 saturated heterocycles. The number of para-hydroxylation sites is 1. The summed E-state index contributed by atoms with van der Waals surface area (Å²) in [5, 5.41) is 1.70. The molecule has 2 amide bonds. The summed E-state index contributed by atoms with van der Waals surface area (Å²) in [5.41, 5.74) is 3.14. The van der Waals surface area contributed by atoms with Gasteiger partial charge in [-0.05, 0) is 45.0 Å². The topological polar surface area (TPSA) is 97.1 Å². The maximum Gasteiger partial charge on any atom is 0.471 e. The molecule has 3 N–H and O–H groups in total. The molecular weight excluding hydrogens is 534 g/mol. The lowest BCUT2D eigenvalue weighted by Crippen LogP contribution is -2.60. The number of hydrogen-bond donors (Lipinski definition) is 2. The Labute approximate surface area is 220 Å². The Morgan fingerprint density at radius 3 is 2.21 bits per heavy atom. The van der Waals surface area contributed by atoms with E-state index in [-0.39, 0.29) is 31.1 Å². The zero-order valence-corrected chi connectivity index (χ0v) is 21.3. The fourth-order valence-electron chi connectivity index (χ4n) is 4.01. The average Bonchev–Trinajstić information content (AvgIpc) is 2.81. The van der Waals surface area contributed by atoms with Crippen LogP contribution < -0.4 is 20.7 Å². The van der Waals surface area contributed by atoms with Crippen molar-refractivity contribution in [2.75, 3.05) is 36.8 Å². The van der Waals surface area contributed by atoms with Gasteiger partial charge in [-0.1, -0.05) is 18.2 Å². The van der Waals surface area contributed by atoms with E-state index in [0.29, 0.717) is 0 Å². The highest BCUT2D eigenvalue weighted by Crippen LogP contribution is 2.47. The van der Waals surface area contributed by atoms with Gasteiger partial charge in [0.25, 0.3) is 0 Å². The first-order chi connectivity index (χ1) is 18.0. The van der Waals surface area contributed by atoms with Crippen LogP contribution in [0.15, 0.2) is 42.5 Å². The molecule has 2 aromatic carbocycles. The summed E-state index contributed by atoms with van der Waals surface area (Å²) >= 11 is 0. The minimum atomic E-state index is -5.19. The summed E-state index contributed by atoms with van der Waals surface area (Å²) in [5.74, 6) is -2.65. The molecule has 214 valence electrons. The van der Waals surface area contributed by atoms with Crippen molar-refractivity contribution in [2.24, 2.45) is 0 Å². The van der Waals surface area contributed by atoms with Gasteiger partial charge in [0, 0.05) is 26.2 Å². The molecule has 0 spiro atoms. The Kier molecular flexibility index (Phi) is 8.46. The Morgan fingerprint density at radius 1 is 1.00 bits per heavy atom. The standard InChI is InChI=1S/C25H28F6N4O4/c1-23(2,3)39-22(37)35-12-11-34(14-15(35)13-33-21(36)25(29,30)31)20-17(32)9-10-18(19(20)24(26,27)28)38-16-7-5-4-6-8-16/h4-10,15H,11-14,32H2,1-3H3,(H,33,36)/t15-/m0/s1. The molecule has 0 saturated carbocycles. The number of hydrogen-bond acceptors (Lipinski definition) is 6. The number of halogens is 6. The van der Waals surface area contributed by atoms with Gasteiger partial charge in [-0.2, -0.15) is 26.3 Å². The summed E-state index contributed by atoms with van der Waals surface area (Å²) in [6.07, 6.45) is -11.0. The largest absolute Gasteiger partial charge is 0.471 e. The quantitative estimate of drug-likeness (QED) is 0.385. The second-order valence-corrected chi connectivity index (χ2v) is 9.77. The smallest absolute Gasteiger partial charge is 0.457 e. The molecule has 39 heavy (non-hydrogen) atoms. The third-order valence-electron chi connectivity index (χ3n) is 5.61. The van der Waals surface area contributed by atoms with Crippen LogP contribution in [0.5, 0.6) is 11.5 Å². The Balaban J connectivity index is 1.99. The lowest BCUT2D eigenvalue weighted by molar-refractivity contribution is -0.173. The Morgan fingerprint density at radius 2 is 1.64 bits per heavy atom. The van der Waals surface area contributed by atoms with E-state index < -0.39 is 59.5 Å². The van der Waals surface area contributed by atoms with Crippen molar-refractivity contribution in [3.63, 3.8) is 0 Å². The number of nitrogens with zero attached hydrogens (tertiary/aromatic N) is 2. The van der Waals surface area contributed by atoms with E-state index in [1.54, 1.807) is 44.3 Å². The Hall–Kier alpha value is -3.84. The van der Waals surface area contributed by atoms with Crippen LogP contribution in [0.25, 0.3) is 0 Å². The van der Waals surface area contributed by atoms with Gasteiger partial charge in [0.1, 0.15) is 22.7 Å². The highest BCUT2D eigenvalue weighted by Gasteiger charge is 2.43. The third kappa shape index (κ3) is 7.60. The number of anilines is 2. The Bertz CT molecular complexity index is 1180. The van der Waals surface area contributed by atoms with Crippen LogP contribution in [0.3, 0.4) is 0 Å². The first kappa shape index (κ1) is 29.7. The number of ether oxygens (including phenoxy) is 2. The van der Waals surface area contributed by atoms with Gasteiger partial charge in [0.2, 0.25) is 0 Å². The van der Waals surface area contributed by atoms with Crippen LogP contribution in [0.2, 0.25) is 0 Å². The number of carbonyl (C=O) groups is 2. The van der Waals surface area contributed by atoms with Gasteiger partial charge in [0.05, 0.1) is 17.4 Å². The fraction of sp³-hybridized carbons (Fsp3) is 0.440. The molecule has 1 aliphatic rings. The number of carbonyl (C=O) groups excluding carboxylic acids is 2. The molecule has 3 rings (SSSR count). The molecule has 0 aliphatic carbocycles. The molecule has 0 radical (unpaired) electrons. The average molecular weight is 563 g/mol. The number of nitrogens with one attached hydrogen (secondary N) is 1. The number of piperazine rings is 1. The van der Waals surface area contributed by atoms with Crippen LogP contribution in [0.4, 0.5) is 42.5 Å². The van der Waals surface area contributed by atoms with E-state index >= 15 is 0 Å². The molecule has 0 aromatic heterocycles. The zero-order valence-electron chi connectivity index (χ0n) is 21.3. The first-order valence-corrected chi connectivity index (χ1v) is 11.8. The minimum absolute atomic E-state index is 0.140. The maximum atomic E-state index is 14.4.